The summed E-state index contributed by atoms with van der Waals surface area (Å²) in [5.74, 6) is 0.647. The average molecular weight is 444 g/mol. The number of nitrogens with zero attached hydrogens (tertiary/aromatic N) is 2. The van der Waals surface area contributed by atoms with E-state index in [0.29, 0.717) is 17.2 Å². The van der Waals surface area contributed by atoms with E-state index in [2.05, 4.69) is 10.2 Å². The summed E-state index contributed by atoms with van der Waals surface area (Å²) in [6, 6.07) is 11.4. The molecule has 0 spiro atoms. The Kier molecular flexibility index (Phi) is 7.80. The average Bonchev–Trinajstić information content (AvgIpc) is 2.77. The molecule has 0 atom stereocenters. The molecule has 0 saturated carbocycles. The van der Waals surface area contributed by atoms with Crippen molar-refractivity contribution in [3.63, 3.8) is 0 Å². The molecule has 0 aliphatic carbocycles. The van der Waals surface area contributed by atoms with Crippen LogP contribution in [0.25, 0.3) is 0 Å². The van der Waals surface area contributed by atoms with Crippen LogP contribution in [0.15, 0.2) is 36.4 Å². The van der Waals surface area contributed by atoms with Gasteiger partial charge in [-0.2, -0.15) is 0 Å². The molecule has 0 radical (unpaired) electrons. The van der Waals surface area contributed by atoms with Gasteiger partial charge in [0.25, 0.3) is 5.91 Å². The minimum absolute atomic E-state index is 0.0734. The van der Waals surface area contributed by atoms with Gasteiger partial charge in [-0.15, -0.1) is 0 Å². The summed E-state index contributed by atoms with van der Waals surface area (Å²) >= 11 is 6.17. The molecule has 0 unspecified atom stereocenters. The Hall–Kier alpha value is -2.73. The molecule has 6 nitrogen and oxygen atoms in total. The summed E-state index contributed by atoms with van der Waals surface area (Å²) in [6.45, 7) is 8.90. The lowest BCUT2D eigenvalue weighted by Crippen LogP contribution is -2.48. The Morgan fingerprint density at radius 2 is 1.65 bits per heavy atom. The van der Waals surface area contributed by atoms with Crippen LogP contribution >= 0.6 is 11.6 Å². The van der Waals surface area contributed by atoms with Gasteiger partial charge >= 0.3 is 0 Å². The number of ether oxygens (including phenoxy) is 1. The number of rotatable bonds is 7. The summed E-state index contributed by atoms with van der Waals surface area (Å²) in [5.41, 5.74) is 3.65. The van der Waals surface area contributed by atoms with E-state index in [-0.39, 0.29) is 18.4 Å². The third-order valence-corrected chi connectivity index (χ3v) is 5.99. The molecule has 1 heterocycles. The summed E-state index contributed by atoms with van der Waals surface area (Å²) in [7, 11) is 0. The van der Waals surface area contributed by atoms with Gasteiger partial charge in [0.15, 0.2) is 6.61 Å². The molecular formula is C24H30ClN3O3. The number of halogens is 1. The first-order valence-corrected chi connectivity index (χ1v) is 11.1. The number of amides is 2. The van der Waals surface area contributed by atoms with Gasteiger partial charge in [-0.25, -0.2) is 0 Å². The van der Waals surface area contributed by atoms with Crippen molar-refractivity contribution in [1.82, 2.24) is 4.90 Å². The Labute approximate surface area is 189 Å². The Bertz CT molecular complexity index is 899. The third-order valence-electron chi connectivity index (χ3n) is 5.39. The van der Waals surface area contributed by atoms with E-state index in [1.54, 1.807) is 0 Å². The number of carbonyl (C=O) groups excluding carboxylic acids is 2. The summed E-state index contributed by atoms with van der Waals surface area (Å²) in [5, 5.41) is 3.57. The second kappa shape index (κ2) is 10.5. The van der Waals surface area contributed by atoms with Gasteiger partial charge in [-0.1, -0.05) is 18.5 Å². The van der Waals surface area contributed by atoms with Gasteiger partial charge in [0.05, 0.1) is 0 Å². The zero-order valence-corrected chi connectivity index (χ0v) is 19.2. The summed E-state index contributed by atoms with van der Waals surface area (Å²) in [4.78, 5) is 28.5. The lowest BCUT2D eigenvalue weighted by molar-refractivity contribution is -0.131. The van der Waals surface area contributed by atoms with Crippen LogP contribution in [0.1, 0.15) is 30.9 Å². The lowest BCUT2D eigenvalue weighted by atomic mass is 10.1. The second-order valence-electron chi connectivity index (χ2n) is 7.87. The van der Waals surface area contributed by atoms with Crippen LogP contribution in [0, 0.1) is 13.8 Å². The first-order chi connectivity index (χ1) is 14.9. The minimum atomic E-state index is -0.221. The maximum atomic E-state index is 12.3. The number of nitrogens with one attached hydrogen (secondary N) is 1. The molecule has 3 rings (SSSR count). The van der Waals surface area contributed by atoms with Crippen molar-refractivity contribution in [3.8, 4) is 5.75 Å². The zero-order chi connectivity index (χ0) is 22.4. The smallest absolute Gasteiger partial charge is 0.262 e. The van der Waals surface area contributed by atoms with Gasteiger partial charge in [-0.05, 0) is 67.8 Å². The van der Waals surface area contributed by atoms with Crippen molar-refractivity contribution in [2.24, 2.45) is 0 Å². The number of aryl methyl sites for hydroxylation is 2. The molecule has 1 saturated heterocycles. The number of hydrogen-bond donors (Lipinski definition) is 1. The first-order valence-electron chi connectivity index (χ1n) is 10.7. The molecule has 2 aromatic rings. The fraction of sp³-hybridized carbons (Fsp3) is 0.417. The highest BCUT2D eigenvalue weighted by Crippen LogP contribution is 2.26. The minimum Gasteiger partial charge on any atom is -0.484 e. The fourth-order valence-electron chi connectivity index (χ4n) is 3.68. The molecule has 0 bridgehead atoms. The summed E-state index contributed by atoms with van der Waals surface area (Å²) in [6.07, 6.45) is 1.51. The fourth-order valence-corrected chi connectivity index (χ4v) is 3.79. The highest BCUT2D eigenvalue weighted by molar-refractivity contribution is 6.32. The van der Waals surface area contributed by atoms with E-state index >= 15 is 0 Å². The monoisotopic (exact) mass is 443 g/mol. The van der Waals surface area contributed by atoms with E-state index < -0.39 is 0 Å². The maximum absolute atomic E-state index is 12.3. The van der Waals surface area contributed by atoms with Crippen LogP contribution in [0.2, 0.25) is 5.02 Å². The predicted molar refractivity (Wildman–Crippen MR) is 125 cm³/mol. The van der Waals surface area contributed by atoms with Gasteiger partial charge in [-0.3, -0.25) is 9.59 Å². The van der Waals surface area contributed by atoms with Crippen LogP contribution in [0.4, 0.5) is 11.4 Å². The van der Waals surface area contributed by atoms with E-state index in [9.17, 15) is 9.59 Å². The van der Waals surface area contributed by atoms with Crippen LogP contribution in [0.3, 0.4) is 0 Å². The maximum Gasteiger partial charge on any atom is 0.262 e. The summed E-state index contributed by atoms with van der Waals surface area (Å²) < 4.78 is 5.61. The Balaban J connectivity index is 1.48. The molecule has 1 aliphatic rings. The van der Waals surface area contributed by atoms with Gasteiger partial charge in [0.2, 0.25) is 5.91 Å². The number of anilines is 2. The van der Waals surface area contributed by atoms with Crippen LogP contribution in [0.5, 0.6) is 5.75 Å². The van der Waals surface area contributed by atoms with Gasteiger partial charge in [0, 0.05) is 49.0 Å². The lowest BCUT2D eigenvalue weighted by Gasteiger charge is -2.36. The van der Waals surface area contributed by atoms with Crippen LogP contribution in [-0.4, -0.2) is 49.5 Å². The standard InChI is InChI=1S/C24H30ClN3O3/c1-4-5-23(30)28-12-10-27(11-13-28)20-8-6-19(7-9-20)26-22(29)16-31-21-14-17(2)24(25)18(3)15-21/h6-9,14-15H,4-5,10-13,16H2,1-3H3,(H,26,29). The number of carbonyl (C=O) groups is 2. The topological polar surface area (TPSA) is 61.9 Å². The van der Waals surface area contributed by atoms with Crippen molar-refractivity contribution in [1.29, 1.82) is 0 Å². The van der Waals surface area contributed by atoms with E-state index in [4.69, 9.17) is 16.3 Å². The van der Waals surface area contributed by atoms with E-state index in [1.165, 1.54) is 0 Å². The van der Waals surface area contributed by atoms with Crippen LogP contribution < -0.4 is 15.0 Å². The largest absolute Gasteiger partial charge is 0.484 e. The Morgan fingerprint density at radius 1 is 1.03 bits per heavy atom. The first kappa shape index (κ1) is 22.9. The molecule has 1 N–H and O–H groups in total. The van der Waals surface area contributed by atoms with Crippen molar-refractivity contribution < 1.29 is 14.3 Å². The van der Waals surface area contributed by atoms with E-state index in [0.717, 1.165) is 55.1 Å². The zero-order valence-electron chi connectivity index (χ0n) is 18.4. The molecule has 31 heavy (non-hydrogen) atoms. The van der Waals surface area contributed by atoms with Crippen molar-refractivity contribution in [2.75, 3.05) is 43.0 Å². The molecule has 1 fully saturated rings. The quantitative estimate of drug-likeness (QED) is 0.687. The van der Waals surface area contributed by atoms with Crippen molar-refractivity contribution in [3.05, 3.63) is 52.5 Å². The number of hydrogen-bond acceptors (Lipinski definition) is 4. The highest BCUT2D eigenvalue weighted by atomic mass is 35.5. The molecule has 2 amide bonds. The van der Waals surface area contributed by atoms with Crippen molar-refractivity contribution >= 4 is 34.8 Å². The molecular weight excluding hydrogens is 414 g/mol. The molecule has 7 heteroatoms. The molecule has 0 aromatic heterocycles. The molecule has 166 valence electrons. The highest BCUT2D eigenvalue weighted by Gasteiger charge is 2.20. The molecule has 1 aliphatic heterocycles. The third kappa shape index (κ3) is 6.14. The second-order valence-corrected chi connectivity index (χ2v) is 8.25. The van der Waals surface area contributed by atoms with Gasteiger partial charge in [0.1, 0.15) is 5.75 Å². The SMILES string of the molecule is CCCC(=O)N1CCN(c2ccc(NC(=O)COc3cc(C)c(Cl)c(C)c3)cc2)CC1. The van der Waals surface area contributed by atoms with Crippen molar-refractivity contribution in [2.45, 2.75) is 33.6 Å². The van der Waals surface area contributed by atoms with E-state index in [1.807, 2.05) is 62.1 Å². The normalized spacial score (nSPS) is 13.8. The predicted octanol–water partition coefficient (Wildman–Crippen LogP) is 4.42. The number of piperazine rings is 1. The van der Waals surface area contributed by atoms with Gasteiger partial charge < -0.3 is 19.9 Å². The Morgan fingerprint density at radius 3 is 2.23 bits per heavy atom. The number of benzene rings is 2. The van der Waals surface area contributed by atoms with Crippen LogP contribution in [-0.2, 0) is 9.59 Å². The molecule has 2 aromatic carbocycles.